The Hall–Kier alpha value is -1.39. The van der Waals surface area contributed by atoms with E-state index in [-0.39, 0.29) is 30.4 Å². The van der Waals surface area contributed by atoms with Gasteiger partial charge in [0, 0.05) is 24.4 Å². The lowest BCUT2D eigenvalue weighted by Crippen LogP contribution is -2.42. The van der Waals surface area contributed by atoms with Gasteiger partial charge in [-0.2, -0.15) is 0 Å². The summed E-state index contributed by atoms with van der Waals surface area (Å²) in [6, 6.07) is 9.39. The third-order valence-corrected chi connectivity index (χ3v) is 4.54. The zero-order chi connectivity index (χ0) is 15.1. The van der Waals surface area contributed by atoms with Crippen molar-refractivity contribution in [3.8, 4) is 0 Å². The average Bonchev–Trinajstić information content (AvgIpc) is 2.54. The van der Waals surface area contributed by atoms with Crippen molar-refractivity contribution in [2.45, 2.75) is 44.6 Å². The molecule has 1 aromatic rings. The fourth-order valence-corrected chi connectivity index (χ4v) is 3.07. The topological polar surface area (TPSA) is 75.4 Å². The maximum Gasteiger partial charge on any atom is 0.221 e. The minimum absolute atomic E-state index is 0.0373. The summed E-state index contributed by atoms with van der Waals surface area (Å²) in [5.41, 5.74) is 6.91. The predicted molar refractivity (Wildman–Crippen MR) is 83.6 cm³/mol. The number of aliphatic hydroxyl groups excluding tert-OH is 1. The lowest BCUT2D eigenvalue weighted by Gasteiger charge is -2.35. The summed E-state index contributed by atoms with van der Waals surface area (Å²) in [7, 11) is 0. The molecule has 0 heterocycles. The van der Waals surface area contributed by atoms with Gasteiger partial charge in [0.2, 0.25) is 5.91 Å². The molecule has 1 unspecified atom stereocenters. The zero-order valence-corrected chi connectivity index (χ0v) is 12.6. The summed E-state index contributed by atoms with van der Waals surface area (Å²) in [5.74, 6) is -0.0373. The number of benzene rings is 1. The maximum atomic E-state index is 12.1. The first-order valence-corrected chi connectivity index (χ1v) is 7.83. The van der Waals surface area contributed by atoms with Gasteiger partial charge < -0.3 is 16.2 Å². The van der Waals surface area contributed by atoms with Gasteiger partial charge in [0.15, 0.2) is 0 Å². The molecular formula is C17H26N2O2. The lowest BCUT2D eigenvalue weighted by atomic mass is 9.74. The zero-order valence-electron chi connectivity index (χ0n) is 12.6. The van der Waals surface area contributed by atoms with Crippen molar-refractivity contribution in [3.05, 3.63) is 35.9 Å². The van der Waals surface area contributed by atoms with Gasteiger partial charge >= 0.3 is 0 Å². The molecule has 0 aliphatic heterocycles. The van der Waals surface area contributed by atoms with Crippen LogP contribution in [0.4, 0.5) is 0 Å². The second-order valence-corrected chi connectivity index (χ2v) is 6.22. The molecule has 4 nitrogen and oxygen atoms in total. The van der Waals surface area contributed by atoms with Crippen LogP contribution in [0.2, 0.25) is 0 Å². The van der Waals surface area contributed by atoms with Crippen molar-refractivity contribution in [3.63, 3.8) is 0 Å². The largest absolute Gasteiger partial charge is 0.396 e. The third kappa shape index (κ3) is 4.55. The lowest BCUT2D eigenvalue weighted by molar-refractivity contribution is -0.122. The molecule has 0 saturated heterocycles. The molecule has 0 spiro atoms. The summed E-state index contributed by atoms with van der Waals surface area (Å²) < 4.78 is 0. The second kappa shape index (κ2) is 7.57. The van der Waals surface area contributed by atoms with E-state index in [4.69, 9.17) is 5.73 Å². The average molecular weight is 290 g/mol. The van der Waals surface area contributed by atoms with E-state index in [9.17, 15) is 9.90 Å². The molecule has 0 aromatic heterocycles. The van der Waals surface area contributed by atoms with Crippen LogP contribution >= 0.6 is 0 Å². The second-order valence-electron chi connectivity index (χ2n) is 6.22. The number of carbonyl (C=O) groups excluding carboxylic acids is 1. The van der Waals surface area contributed by atoms with E-state index in [0.29, 0.717) is 6.54 Å². The molecule has 116 valence electrons. The molecule has 1 aromatic carbocycles. The van der Waals surface area contributed by atoms with E-state index in [1.54, 1.807) is 0 Å². The molecule has 21 heavy (non-hydrogen) atoms. The SMILES string of the molecule is NC(CC(=O)NCC1(CO)CCCCC1)c1ccccc1. The summed E-state index contributed by atoms with van der Waals surface area (Å²) in [5, 5.41) is 12.6. The molecule has 1 fully saturated rings. The van der Waals surface area contributed by atoms with Crippen LogP contribution in [0.5, 0.6) is 0 Å². The van der Waals surface area contributed by atoms with Crippen LogP contribution in [0.15, 0.2) is 30.3 Å². The molecular weight excluding hydrogens is 264 g/mol. The molecule has 1 aliphatic carbocycles. The van der Waals surface area contributed by atoms with E-state index in [2.05, 4.69) is 5.32 Å². The maximum absolute atomic E-state index is 12.1. The summed E-state index contributed by atoms with van der Waals surface area (Å²) in [6.07, 6.45) is 5.78. The number of hydrogen-bond donors (Lipinski definition) is 3. The van der Waals surface area contributed by atoms with Crippen LogP contribution < -0.4 is 11.1 Å². The van der Waals surface area contributed by atoms with Gasteiger partial charge in [0.25, 0.3) is 0 Å². The molecule has 1 amide bonds. The fourth-order valence-electron chi connectivity index (χ4n) is 3.07. The van der Waals surface area contributed by atoms with Gasteiger partial charge in [-0.3, -0.25) is 4.79 Å². The van der Waals surface area contributed by atoms with Gasteiger partial charge in [-0.05, 0) is 18.4 Å². The van der Waals surface area contributed by atoms with Crippen LogP contribution in [-0.4, -0.2) is 24.2 Å². The Kier molecular flexibility index (Phi) is 5.76. The van der Waals surface area contributed by atoms with Gasteiger partial charge in [-0.1, -0.05) is 49.6 Å². The predicted octanol–water partition coefficient (Wildman–Crippen LogP) is 2.14. The first-order chi connectivity index (χ1) is 10.2. The van der Waals surface area contributed by atoms with E-state index >= 15 is 0 Å². The number of carbonyl (C=O) groups is 1. The van der Waals surface area contributed by atoms with Crippen LogP contribution in [0.3, 0.4) is 0 Å². The Morgan fingerprint density at radius 1 is 1.24 bits per heavy atom. The Balaban J connectivity index is 1.81. The van der Waals surface area contributed by atoms with Crippen molar-refractivity contribution >= 4 is 5.91 Å². The highest BCUT2D eigenvalue weighted by molar-refractivity contribution is 5.76. The normalized spacial score (nSPS) is 19.0. The van der Waals surface area contributed by atoms with E-state index in [0.717, 1.165) is 31.2 Å². The van der Waals surface area contributed by atoms with Crippen LogP contribution in [0, 0.1) is 5.41 Å². The van der Waals surface area contributed by atoms with Crippen molar-refractivity contribution < 1.29 is 9.90 Å². The third-order valence-electron chi connectivity index (χ3n) is 4.54. The van der Waals surface area contributed by atoms with E-state index in [1.165, 1.54) is 6.42 Å². The molecule has 1 atom stereocenters. The van der Waals surface area contributed by atoms with Crippen molar-refractivity contribution in [2.24, 2.45) is 11.1 Å². The van der Waals surface area contributed by atoms with Crippen molar-refractivity contribution in [1.29, 1.82) is 0 Å². The van der Waals surface area contributed by atoms with Gasteiger partial charge in [-0.15, -0.1) is 0 Å². The number of hydrogen-bond acceptors (Lipinski definition) is 3. The quantitative estimate of drug-likeness (QED) is 0.751. The highest BCUT2D eigenvalue weighted by Gasteiger charge is 2.31. The molecule has 4 heteroatoms. The summed E-state index contributed by atoms with van der Waals surface area (Å²) >= 11 is 0. The number of nitrogens with two attached hydrogens (primary N) is 1. The van der Waals surface area contributed by atoms with E-state index < -0.39 is 0 Å². The van der Waals surface area contributed by atoms with Gasteiger partial charge in [0.05, 0.1) is 6.61 Å². The fraction of sp³-hybridized carbons (Fsp3) is 0.588. The monoisotopic (exact) mass is 290 g/mol. The molecule has 2 rings (SSSR count). The Labute approximate surface area is 126 Å². The van der Waals surface area contributed by atoms with Crippen LogP contribution in [0.1, 0.15) is 50.1 Å². The van der Waals surface area contributed by atoms with Crippen molar-refractivity contribution in [2.75, 3.05) is 13.2 Å². The molecule has 0 radical (unpaired) electrons. The Bertz CT molecular complexity index is 441. The van der Waals surface area contributed by atoms with Gasteiger partial charge in [-0.25, -0.2) is 0 Å². The van der Waals surface area contributed by atoms with E-state index in [1.807, 2.05) is 30.3 Å². The molecule has 4 N–H and O–H groups in total. The smallest absolute Gasteiger partial charge is 0.221 e. The highest BCUT2D eigenvalue weighted by Crippen LogP contribution is 2.35. The Morgan fingerprint density at radius 2 is 1.90 bits per heavy atom. The highest BCUT2D eigenvalue weighted by atomic mass is 16.3. The molecule has 1 aliphatic rings. The number of aliphatic hydroxyl groups is 1. The van der Waals surface area contributed by atoms with Crippen LogP contribution in [0.25, 0.3) is 0 Å². The van der Waals surface area contributed by atoms with Gasteiger partial charge in [0.1, 0.15) is 0 Å². The first kappa shape index (κ1) is 16.0. The molecule has 0 bridgehead atoms. The standard InChI is InChI=1S/C17H26N2O2/c18-15(14-7-3-1-4-8-14)11-16(21)19-12-17(13-20)9-5-2-6-10-17/h1,3-4,7-8,15,20H,2,5-6,9-13,18H2,(H,19,21). The number of rotatable bonds is 6. The first-order valence-electron chi connectivity index (χ1n) is 7.83. The number of amides is 1. The minimum Gasteiger partial charge on any atom is -0.396 e. The summed E-state index contributed by atoms with van der Waals surface area (Å²) in [6.45, 7) is 0.710. The summed E-state index contributed by atoms with van der Waals surface area (Å²) in [4.78, 5) is 12.1. The van der Waals surface area contributed by atoms with Crippen LogP contribution in [-0.2, 0) is 4.79 Å². The van der Waals surface area contributed by atoms with Crippen molar-refractivity contribution in [1.82, 2.24) is 5.32 Å². The molecule has 1 saturated carbocycles. The minimum atomic E-state index is -0.275. The Morgan fingerprint density at radius 3 is 2.52 bits per heavy atom. The number of nitrogens with one attached hydrogen (secondary N) is 1.